The Bertz CT molecular complexity index is 1020. The van der Waals surface area contributed by atoms with Gasteiger partial charge >= 0.3 is 0 Å². The monoisotopic (exact) mass is 458 g/mol. The van der Waals surface area contributed by atoms with E-state index in [-0.39, 0.29) is 24.3 Å². The van der Waals surface area contributed by atoms with E-state index in [1.165, 1.54) is 17.8 Å². The molecule has 2 aromatic carbocycles. The highest BCUT2D eigenvalue weighted by Crippen LogP contribution is 2.25. The number of benzene rings is 2. The molecule has 0 radical (unpaired) electrons. The highest BCUT2D eigenvalue weighted by molar-refractivity contribution is 7.99. The fourth-order valence-electron chi connectivity index (χ4n) is 3.07. The van der Waals surface area contributed by atoms with Gasteiger partial charge < -0.3 is 14.8 Å². The van der Waals surface area contributed by atoms with Gasteiger partial charge in [-0.05, 0) is 49.2 Å². The summed E-state index contributed by atoms with van der Waals surface area (Å²) < 4.78 is 27.2. The number of methoxy groups -OCH3 is 1. The number of ether oxygens (including phenoxy) is 2. The summed E-state index contributed by atoms with van der Waals surface area (Å²) in [5.74, 6) is 1.41. The van der Waals surface area contributed by atoms with Crippen LogP contribution in [-0.2, 0) is 11.4 Å². The van der Waals surface area contributed by atoms with E-state index in [9.17, 15) is 9.18 Å². The second kappa shape index (κ2) is 11.5. The Morgan fingerprint density at radius 2 is 1.78 bits per heavy atom. The molecule has 0 aliphatic carbocycles. The van der Waals surface area contributed by atoms with Crippen LogP contribution in [0.4, 0.5) is 4.39 Å². The molecule has 3 aromatic rings. The van der Waals surface area contributed by atoms with E-state index in [0.29, 0.717) is 22.4 Å². The lowest BCUT2D eigenvalue weighted by Crippen LogP contribution is -2.35. The van der Waals surface area contributed by atoms with Crippen molar-refractivity contribution in [1.29, 1.82) is 0 Å². The van der Waals surface area contributed by atoms with Gasteiger partial charge in [0, 0.05) is 6.04 Å². The molecule has 3 rings (SSSR count). The van der Waals surface area contributed by atoms with Crippen molar-refractivity contribution in [3.63, 3.8) is 0 Å². The van der Waals surface area contributed by atoms with E-state index in [1.54, 1.807) is 54.1 Å². The van der Waals surface area contributed by atoms with Crippen molar-refractivity contribution in [2.24, 2.45) is 0 Å². The number of rotatable bonds is 11. The van der Waals surface area contributed by atoms with Crippen molar-refractivity contribution < 1.29 is 18.7 Å². The van der Waals surface area contributed by atoms with E-state index < -0.39 is 5.82 Å². The number of nitrogens with one attached hydrogen (secondary N) is 1. The van der Waals surface area contributed by atoms with Crippen LogP contribution in [0, 0.1) is 5.82 Å². The van der Waals surface area contributed by atoms with Crippen molar-refractivity contribution in [3.05, 3.63) is 60.2 Å². The third-order valence-electron chi connectivity index (χ3n) is 4.90. The van der Waals surface area contributed by atoms with Crippen LogP contribution in [0.5, 0.6) is 11.5 Å². The number of carbonyl (C=O) groups excluding carboxylic acids is 1. The van der Waals surface area contributed by atoms with Crippen LogP contribution >= 0.6 is 11.8 Å². The summed E-state index contributed by atoms with van der Waals surface area (Å²) in [6.45, 7) is 4.14. The number of amides is 1. The van der Waals surface area contributed by atoms with Gasteiger partial charge in [0.1, 0.15) is 23.9 Å². The summed E-state index contributed by atoms with van der Waals surface area (Å²) in [5, 5.41) is 11.8. The largest absolute Gasteiger partial charge is 0.497 e. The average molecular weight is 459 g/mol. The van der Waals surface area contributed by atoms with Crippen LogP contribution in [0.1, 0.15) is 32.5 Å². The van der Waals surface area contributed by atoms with Crippen LogP contribution in [0.3, 0.4) is 0 Å². The van der Waals surface area contributed by atoms with E-state index in [1.807, 2.05) is 13.8 Å². The molecule has 0 spiro atoms. The number of aromatic nitrogens is 3. The third kappa shape index (κ3) is 6.00. The molecule has 0 aliphatic rings. The van der Waals surface area contributed by atoms with E-state index in [2.05, 4.69) is 15.5 Å². The smallest absolute Gasteiger partial charge is 0.230 e. The molecule has 1 heterocycles. The zero-order chi connectivity index (χ0) is 22.9. The second-order valence-corrected chi connectivity index (χ2v) is 7.96. The van der Waals surface area contributed by atoms with Crippen molar-refractivity contribution in [1.82, 2.24) is 20.1 Å². The first-order chi connectivity index (χ1) is 15.5. The maximum absolute atomic E-state index is 14.6. The van der Waals surface area contributed by atoms with Gasteiger partial charge in [0.2, 0.25) is 5.91 Å². The van der Waals surface area contributed by atoms with Crippen molar-refractivity contribution >= 4 is 17.7 Å². The quantitative estimate of drug-likeness (QED) is 0.430. The molecule has 0 saturated carbocycles. The van der Waals surface area contributed by atoms with Crippen LogP contribution in [0.15, 0.2) is 53.7 Å². The summed E-state index contributed by atoms with van der Waals surface area (Å²) in [6, 6.07) is 13.6. The Balaban J connectivity index is 1.79. The first-order valence-corrected chi connectivity index (χ1v) is 11.4. The maximum Gasteiger partial charge on any atom is 0.230 e. The highest BCUT2D eigenvalue weighted by atomic mass is 32.2. The SMILES string of the molecule is CCC(CC)NC(=O)CSc1nnc(COc2ccc(OC)cc2)n1-c1ccccc1F. The van der Waals surface area contributed by atoms with Crippen LogP contribution in [-0.4, -0.2) is 39.6 Å². The van der Waals surface area contributed by atoms with Crippen molar-refractivity contribution in [3.8, 4) is 17.2 Å². The lowest BCUT2D eigenvalue weighted by Gasteiger charge is -2.15. The van der Waals surface area contributed by atoms with Gasteiger partial charge in [-0.3, -0.25) is 9.36 Å². The van der Waals surface area contributed by atoms with E-state index in [0.717, 1.165) is 18.6 Å². The Kier molecular flexibility index (Phi) is 8.49. The summed E-state index contributed by atoms with van der Waals surface area (Å²) in [6.07, 6.45) is 1.73. The molecule has 1 N–H and O–H groups in total. The predicted molar refractivity (Wildman–Crippen MR) is 122 cm³/mol. The number of hydrogen-bond acceptors (Lipinski definition) is 6. The molecule has 0 aliphatic heterocycles. The average Bonchev–Trinajstić information content (AvgIpc) is 3.23. The molecule has 32 heavy (non-hydrogen) atoms. The Morgan fingerprint density at radius 3 is 2.44 bits per heavy atom. The number of hydrogen-bond donors (Lipinski definition) is 1. The van der Waals surface area contributed by atoms with Crippen molar-refractivity contribution in [2.75, 3.05) is 12.9 Å². The Hall–Kier alpha value is -3.07. The molecule has 7 nitrogen and oxygen atoms in total. The molecule has 0 fully saturated rings. The zero-order valence-corrected chi connectivity index (χ0v) is 19.2. The highest BCUT2D eigenvalue weighted by Gasteiger charge is 2.19. The van der Waals surface area contributed by atoms with Gasteiger partial charge in [0.05, 0.1) is 18.6 Å². The topological polar surface area (TPSA) is 78.3 Å². The molecule has 0 saturated heterocycles. The molecular weight excluding hydrogens is 431 g/mol. The third-order valence-corrected chi connectivity index (χ3v) is 5.83. The first kappa shape index (κ1) is 23.6. The minimum atomic E-state index is -0.415. The van der Waals surface area contributed by atoms with Crippen LogP contribution in [0.25, 0.3) is 5.69 Å². The van der Waals surface area contributed by atoms with Gasteiger partial charge in [-0.15, -0.1) is 10.2 Å². The van der Waals surface area contributed by atoms with Crippen LogP contribution in [0.2, 0.25) is 0 Å². The molecule has 170 valence electrons. The van der Waals surface area contributed by atoms with Gasteiger partial charge in [0.15, 0.2) is 11.0 Å². The van der Waals surface area contributed by atoms with Gasteiger partial charge in [0.25, 0.3) is 0 Å². The minimum Gasteiger partial charge on any atom is -0.497 e. The second-order valence-electron chi connectivity index (χ2n) is 7.02. The number of halogens is 1. The molecule has 1 aromatic heterocycles. The Labute approximate surface area is 191 Å². The Morgan fingerprint density at radius 1 is 1.09 bits per heavy atom. The number of nitrogens with zero attached hydrogens (tertiary/aromatic N) is 3. The van der Waals surface area contributed by atoms with Crippen LogP contribution < -0.4 is 14.8 Å². The lowest BCUT2D eigenvalue weighted by atomic mass is 10.2. The normalized spacial score (nSPS) is 10.9. The summed E-state index contributed by atoms with van der Waals surface area (Å²) in [4.78, 5) is 12.3. The zero-order valence-electron chi connectivity index (χ0n) is 18.4. The maximum atomic E-state index is 14.6. The van der Waals surface area contributed by atoms with Gasteiger partial charge in [-0.1, -0.05) is 37.7 Å². The first-order valence-electron chi connectivity index (χ1n) is 10.4. The predicted octanol–water partition coefficient (Wildman–Crippen LogP) is 4.39. The minimum absolute atomic E-state index is 0.0775. The number of thioether (sulfide) groups is 1. The molecule has 0 unspecified atom stereocenters. The summed E-state index contributed by atoms with van der Waals surface area (Å²) in [7, 11) is 1.59. The van der Waals surface area contributed by atoms with Gasteiger partial charge in [-0.25, -0.2) is 4.39 Å². The van der Waals surface area contributed by atoms with Crippen molar-refractivity contribution in [2.45, 2.75) is 44.5 Å². The van der Waals surface area contributed by atoms with E-state index in [4.69, 9.17) is 9.47 Å². The standard InChI is InChI=1S/C23H27FN4O3S/c1-4-16(5-2)25-22(29)15-32-23-27-26-21(28(23)20-9-7-6-8-19(20)24)14-31-18-12-10-17(30-3)11-13-18/h6-13,16H,4-5,14-15H2,1-3H3,(H,25,29). The molecule has 0 bridgehead atoms. The fourth-order valence-corrected chi connectivity index (χ4v) is 3.85. The molecular formula is C23H27FN4O3S. The molecule has 1 amide bonds. The fraction of sp³-hybridized carbons (Fsp3) is 0.348. The summed E-state index contributed by atoms with van der Waals surface area (Å²) >= 11 is 1.21. The van der Waals surface area contributed by atoms with E-state index >= 15 is 0 Å². The number of para-hydroxylation sites is 1. The summed E-state index contributed by atoms with van der Waals surface area (Å²) in [5.41, 5.74) is 0.300. The molecule has 9 heteroatoms. The lowest BCUT2D eigenvalue weighted by molar-refractivity contribution is -0.119. The molecule has 0 atom stereocenters. The van der Waals surface area contributed by atoms with Gasteiger partial charge in [-0.2, -0.15) is 0 Å². The number of carbonyl (C=O) groups is 1.